The fraction of sp³-hybridized carbons (Fsp3) is 0.385. The van der Waals surface area contributed by atoms with Gasteiger partial charge in [0.1, 0.15) is 5.75 Å². The first-order chi connectivity index (χ1) is 7.19. The summed E-state index contributed by atoms with van der Waals surface area (Å²) in [5.74, 6) is 0.923. The maximum Gasteiger partial charge on any atom is 0.126 e. The number of methoxy groups -OCH3 is 1. The van der Waals surface area contributed by atoms with Crippen molar-refractivity contribution in [3.63, 3.8) is 0 Å². The van der Waals surface area contributed by atoms with Crippen LogP contribution < -0.4 is 10.5 Å². The van der Waals surface area contributed by atoms with E-state index in [1.165, 1.54) is 11.1 Å². The fourth-order valence-corrected chi connectivity index (χ4v) is 1.43. The summed E-state index contributed by atoms with van der Waals surface area (Å²) in [7, 11) is 1.70. The Kier molecular flexibility index (Phi) is 4.37. The molecule has 0 atom stereocenters. The Morgan fingerprint density at radius 1 is 1.27 bits per heavy atom. The van der Waals surface area contributed by atoms with Gasteiger partial charge in [-0.05, 0) is 50.1 Å². The molecule has 0 aliphatic carbocycles. The lowest BCUT2D eigenvalue weighted by Crippen LogP contribution is -1.95. The van der Waals surface area contributed by atoms with Crippen molar-refractivity contribution in [3.05, 3.63) is 34.9 Å². The molecule has 0 saturated heterocycles. The number of hydrogen-bond acceptors (Lipinski definition) is 2. The van der Waals surface area contributed by atoms with Gasteiger partial charge in [-0.1, -0.05) is 12.2 Å². The van der Waals surface area contributed by atoms with E-state index in [2.05, 4.69) is 38.1 Å². The third kappa shape index (κ3) is 3.10. The minimum absolute atomic E-state index is 0.684. The van der Waals surface area contributed by atoms with Gasteiger partial charge in [0.05, 0.1) is 7.11 Å². The molecule has 0 aliphatic heterocycles. The number of rotatable bonds is 4. The smallest absolute Gasteiger partial charge is 0.126 e. The van der Waals surface area contributed by atoms with E-state index in [1.54, 1.807) is 7.11 Å². The number of nitrogens with two attached hydrogens (primary N) is 1. The highest BCUT2D eigenvalue weighted by atomic mass is 16.5. The van der Waals surface area contributed by atoms with Crippen LogP contribution in [0.5, 0.6) is 5.75 Å². The first-order valence-electron chi connectivity index (χ1n) is 5.21. The molecule has 0 saturated carbocycles. The number of aryl methyl sites for hydroxylation is 2. The van der Waals surface area contributed by atoms with Crippen molar-refractivity contribution in [2.24, 2.45) is 5.73 Å². The second-order valence-electron chi connectivity index (χ2n) is 3.66. The molecule has 1 aromatic carbocycles. The molecule has 0 radical (unpaired) electrons. The van der Waals surface area contributed by atoms with Gasteiger partial charge in [0.2, 0.25) is 0 Å². The van der Waals surface area contributed by atoms with E-state index in [9.17, 15) is 0 Å². The second kappa shape index (κ2) is 5.56. The molecule has 0 heterocycles. The third-order valence-corrected chi connectivity index (χ3v) is 2.48. The van der Waals surface area contributed by atoms with E-state index in [1.807, 2.05) is 0 Å². The van der Waals surface area contributed by atoms with Crippen molar-refractivity contribution < 1.29 is 4.74 Å². The van der Waals surface area contributed by atoms with Crippen LogP contribution in [0.4, 0.5) is 0 Å². The molecule has 0 aliphatic rings. The highest BCUT2D eigenvalue weighted by Crippen LogP contribution is 2.24. The van der Waals surface area contributed by atoms with Gasteiger partial charge in [-0.3, -0.25) is 0 Å². The molecule has 15 heavy (non-hydrogen) atoms. The van der Waals surface area contributed by atoms with Crippen LogP contribution in [0, 0.1) is 13.8 Å². The van der Waals surface area contributed by atoms with Gasteiger partial charge < -0.3 is 10.5 Å². The average Bonchev–Trinajstić information content (AvgIpc) is 2.23. The molecular weight excluding hydrogens is 186 g/mol. The zero-order chi connectivity index (χ0) is 11.3. The summed E-state index contributed by atoms with van der Waals surface area (Å²) >= 11 is 0. The monoisotopic (exact) mass is 205 g/mol. The Labute approximate surface area is 91.7 Å². The van der Waals surface area contributed by atoms with Crippen LogP contribution in [-0.2, 0) is 0 Å². The summed E-state index contributed by atoms with van der Waals surface area (Å²) in [6, 6.07) is 4.21. The zero-order valence-corrected chi connectivity index (χ0v) is 9.71. The Balaban J connectivity index is 2.99. The molecule has 2 N–H and O–H groups in total. The Morgan fingerprint density at radius 3 is 2.53 bits per heavy atom. The van der Waals surface area contributed by atoms with Gasteiger partial charge in [-0.15, -0.1) is 0 Å². The van der Waals surface area contributed by atoms with E-state index in [0.29, 0.717) is 6.54 Å². The summed E-state index contributed by atoms with van der Waals surface area (Å²) in [5.41, 5.74) is 9.09. The lowest BCUT2D eigenvalue weighted by Gasteiger charge is -2.08. The van der Waals surface area contributed by atoms with Crippen molar-refractivity contribution >= 4 is 6.08 Å². The maximum atomic E-state index is 5.43. The number of benzene rings is 1. The molecule has 0 fully saturated rings. The summed E-state index contributed by atoms with van der Waals surface area (Å²) < 4.78 is 5.33. The topological polar surface area (TPSA) is 35.2 Å². The van der Waals surface area contributed by atoms with Crippen LogP contribution in [0.1, 0.15) is 23.1 Å². The molecule has 82 valence electrons. The van der Waals surface area contributed by atoms with E-state index in [-0.39, 0.29) is 0 Å². The first kappa shape index (κ1) is 11.8. The third-order valence-electron chi connectivity index (χ3n) is 2.48. The van der Waals surface area contributed by atoms with Gasteiger partial charge in [-0.2, -0.15) is 0 Å². The van der Waals surface area contributed by atoms with Crippen molar-refractivity contribution in [3.8, 4) is 5.75 Å². The van der Waals surface area contributed by atoms with Crippen LogP contribution >= 0.6 is 0 Å². The molecule has 0 unspecified atom stereocenters. The second-order valence-corrected chi connectivity index (χ2v) is 3.66. The van der Waals surface area contributed by atoms with Crippen molar-refractivity contribution in [2.75, 3.05) is 13.7 Å². The maximum absolute atomic E-state index is 5.43. The standard InChI is InChI=1S/C13H19NO/c1-10-8-12(6-4-5-7-14)13(15-3)9-11(10)2/h4,6,8-9H,5,7,14H2,1-3H3/b6-4+. The first-order valence-corrected chi connectivity index (χ1v) is 5.21. The van der Waals surface area contributed by atoms with Crippen molar-refractivity contribution in [1.82, 2.24) is 0 Å². The van der Waals surface area contributed by atoms with Gasteiger partial charge in [0.25, 0.3) is 0 Å². The molecule has 1 rings (SSSR count). The number of ether oxygens (including phenoxy) is 1. The summed E-state index contributed by atoms with van der Waals surface area (Å²) in [4.78, 5) is 0. The predicted molar refractivity (Wildman–Crippen MR) is 65.2 cm³/mol. The fourth-order valence-electron chi connectivity index (χ4n) is 1.43. The van der Waals surface area contributed by atoms with Crippen LogP contribution in [0.25, 0.3) is 6.08 Å². The van der Waals surface area contributed by atoms with E-state index < -0.39 is 0 Å². The van der Waals surface area contributed by atoms with Crippen LogP contribution in [-0.4, -0.2) is 13.7 Å². The van der Waals surface area contributed by atoms with Crippen molar-refractivity contribution in [1.29, 1.82) is 0 Å². The van der Waals surface area contributed by atoms with Gasteiger partial charge in [-0.25, -0.2) is 0 Å². The van der Waals surface area contributed by atoms with Gasteiger partial charge in [0.15, 0.2) is 0 Å². The van der Waals surface area contributed by atoms with Crippen LogP contribution in [0.3, 0.4) is 0 Å². The van der Waals surface area contributed by atoms with E-state index >= 15 is 0 Å². The highest BCUT2D eigenvalue weighted by Gasteiger charge is 2.02. The van der Waals surface area contributed by atoms with Crippen LogP contribution in [0.2, 0.25) is 0 Å². The normalized spacial score (nSPS) is 10.9. The summed E-state index contributed by atoms with van der Waals surface area (Å²) in [6.07, 6.45) is 5.04. The highest BCUT2D eigenvalue weighted by molar-refractivity contribution is 5.59. The minimum Gasteiger partial charge on any atom is -0.496 e. The minimum atomic E-state index is 0.684. The lowest BCUT2D eigenvalue weighted by molar-refractivity contribution is 0.413. The molecule has 0 spiro atoms. The lowest BCUT2D eigenvalue weighted by atomic mass is 10.0. The molecule has 0 aromatic heterocycles. The zero-order valence-electron chi connectivity index (χ0n) is 9.71. The predicted octanol–water partition coefficient (Wildman–Crippen LogP) is 2.67. The van der Waals surface area contributed by atoms with Crippen LogP contribution in [0.15, 0.2) is 18.2 Å². The molecule has 0 bridgehead atoms. The molecule has 2 nitrogen and oxygen atoms in total. The number of hydrogen-bond donors (Lipinski definition) is 1. The van der Waals surface area contributed by atoms with Crippen molar-refractivity contribution in [2.45, 2.75) is 20.3 Å². The van der Waals surface area contributed by atoms with E-state index in [0.717, 1.165) is 17.7 Å². The van der Waals surface area contributed by atoms with E-state index in [4.69, 9.17) is 10.5 Å². The molecular formula is C13H19NO. The Bertz CT molecular complexity index is 356. The summed E-state index contributed by atoms with van der Waals surface area (Å²) in [5, 5.41) is 0. The largest absolute Gasteiger partial charge is 0.496 e. The van der Waals surface area contributed by atoms with Gasteiger partial charge in [0, 0.05) is 5.56 Å². The Morgan fingerprint density at radius 2 is 1.93 bits per heavy atom. The average molecular weight is 205 g/mol. The molecule has 1 aromatic rings. The SMILES string of the molecule is COc1cc(C)c(C)cc1/C=C/CCN. The molecule has 0 amide bonds. The quantitative estimate of drug-likeness (QED) is 0.820. The molecule has 2 heteroatoms. The van der Waals surface area contributed by atoms with Gasteiger partial charge >= 0.3 is 0 Å². The Hall–Kier alpha value is -1.28. The summed E-state index contributed by atoms with van der Waals surface area (Å²) in [6.45, 7) is 4.88.